The molecule has 5 heteroatoms. The minimum absolute atomic E-state index is 0.0135. The second-order valence-corrected chi connectivity index (χ2v) is 5.27. The number of hydrogen-bond donors (Lipinski definition) is 2. The monoisotopic (exact) mass is 262 g/mol. The Morgan fingerprint density at radius 2 is 2.11 bits per heavy atom. The highest BCUT2D eigenvalue weighted by atomic mass is 16.4. The number of benzene rings is 1. The minimum Gasteiger partial charge on any atom is -0.478 e. The summed E-state index contributed by atoms with van der Waals surface area (Å²) in [4.78, 5) is 24.9. The number of aryl methyl sites for hydroxylation is 1. The fourth-order valence-electron chi connectivity index (χ4n) is 2.41. The van der Waals surface area contributed by atoms with Crippen molar-refractivity contribution in [2.24, 2.45) is 0 Å². The summed E-state index contributed by atoms with van der Waals surface area (Å²) in [5.74, 6) is -0.953. The number of rotatable bonds is 2. The van der Waals surface area contributed by atoms with E-state index in [-0.39, 0.29) is 11.5 Å². The van der Waals surface area contributed by atoms with Gasteiger partial charge >= 0.3 is 5.97 Å². The lowest BCUT2D eigenvalue weighted by Crippen LogP contribution is -2.62. The van der Waals surface area contributed by atoms with Gasteiger partial charge in [-0.15, -0.1) is 0 Å². The molecule has 1 amide bonds. The molecule has 0 spiro atoms. The van der Waals surface area contributed by atoms with Crippen molar-refractivity contribution in [2.45, 2.75) is 26.3 Å². The van der Waals surface area contributed by atoms with Gasteiger partial charge in [-0.25, -0.2) is 4.79 Å². The molecule has 1 fully saturated rings. The third-order valence-corrected chi connectivity index (χ3v) is 3.59. The van der Waals surface area contributed by atoms with E-state index in [0.29, 0.717) is 13.1 Å². The van der Waals surface area contributed by atoms with Crippen LogP contribution in [-0.4, -0.2) is 35.6 Å². The summed E-state index contributed by atoms with van der Waals surface area (Å²) in [6.07, 6.45) is 0. The quantitative estimate of drug-likeness (QED) is 0.845. The summed E-state index contributed by atoms with van der Waals surface area (Å²) in [5.41, 5.74) is 1.40. The Labute approximate surface area is 112 Å². The molecule has 5 nitrogen and oxygen atoms in total. The van der Waals surface area contributed by atoms with Crippen molar-refractivity contribution < 1.29 is 14.7 Å². The Morgan fingerprint density at radius 1 is 1.42 bits per heavy atom. The zero-order valence-corrected chi connectivity index (χ0v) is 11.4. The van der Waals surface area contributed by atoms with Gasteiger partial charge in [0.25, 0.3) is 0 Å². The zero-order valence-electron chi connectivity index (χ0n) is 11.4. The smallest absolute Gasteiger partial charge is 0.335 e. The Bertz CT molecular complexity index is 537. The van der Waals surface area contributed by atoms with Crippen LogP contribution in [0.15, 0.2) is 18.2 Å². The standard InChI is InChI=1S/C14H18N2O3/c1-9-8-10(12(17)18)4-5-11(9)16-7-6-15-13(19)14(16,2)3/h4-5,8H,6-7H2,1-3H3,(H,15,19)(H,17,18). The van der Waals surface area contributed by atoms with Gasteiger partial charge in [-0.2, -0.15) is 0 Å². The number of hydrogen-bond acceptors (Lipinski definition) is 3. The van der Waals surface area contributed by atoms with E-state index in [1.165, 1.54) is 0 Å². The first kappa shape index (κ1) is 13.4. The number of carbonyl (C=O) groups is 2. The molecule has 2 N–H and O–H groups in total. The summed E-state index contributed by atoms with van der Waals surface area (Å²) >= 11 is 0. The highest BCUT2D eigenvalue weighted by molar-refractivity contribution is 5.92. The van der Waals surface area contributed by atoms with Gasteiger partial charge < -0.3 is 15.3 Å². The van der Waals surface area contributed by atoms with Crippen LogP contribution in [0.2, 0.25) is 0 Å². The van der Waals surface area contributed by atoms with Crippen molar-refractivity contribution >= 4 is 17.6 Å². The molecule has 0 unspecified atom stereocenters. The van der Waals surface area contributed by atoms with E-state index in [9.17, 15) is 9.59 Å². The largest absolute Gasteiger partial charge is 0.478 e. The number of nitrogens with zero attached hydrogens (tertiary/aromatic N) is 1. The lowest BCUT2D eigenvalue weighted by molar-refractivity contribution is -0.126. The first-order chi connectivity index (χ1) is 8.84. The summed E-state index contributed by atoms with van der Waals surface area (Å²) in [6.45, 7) is 6.91. The number of aromatic carboxylic acids is 1. The maximum absolute atomic E-state index is 11.9. The predicted octanol–water partition coefficient (Wildman–Crippen LogP) is 1.41. The second-order valence-electron chi connectivity index (χ2n) is 5.27. The summed E-state index contributed by atoms with van der Waals surface area (Å²) in [6, 6.07) is 4.99. The Balaban J connectivity index is 2.41. The number of nitrogens with one attached hydrogen (secondary N) is 1. The van der Waals surface area contributed by atoms with Crippen molar-refractivity contribution in [2.75, 3.05) is 18.0 Å². The van der Waals surface area contributed by atoms with Crippen LogP contribution in [0.5, 0.6) is 0 Å². The van der Waals surface area contributed by atoms with Crippen LogP contribution in [0, 0.1) is 6.92 Å². The van der Waals surface area contributed by atoms with Crippen molar-refractivity contribution in [3.8, 4) is 0 Å². The number of carbonyl (C=O) groups excluding carboxylic acids is 1. The molecular weight excluding hydrogens is 244 g/mol. The molecule has 1 aliphatic heterocycles. The normalized spacial score (nSPS) is 18.1. The van der Waals surface area contributed by atoms with E-state index >= 15 is 0 Å². The average Bonchev–Trinajstić information content (AvgIpc) is 2.33. The molecule has 0 aliphatic carbocycles. The Kier molecular flexibility index (Phi) is 3.22. The van der Waals surface area contributed by atoms with Crippen LogP contribution in [-0.2, 0) is 4.79 Å². The third kappa shape index (κ3) is 2.28. The molecule has 0 saturated carbocycles. The number of piperazine rings is 1. The van der Waals surface area contributed by atoms with Crippen LogP contribution in [0.4, 0.5) is 5.69 Å². The van der Waals surface area contributed by atoms with Gasteiger partial charge in [0.05, 0.1) is 5.56 Å². The fraction of sp³-hybridized carbons (Fsp3) is 0.429. The minimum atomic E-state index is -0.940. The molecule has 1 aliphatic rings. The zero-order chi connectivity index (χ0) is 14.2. The average molecular weight is 262 g/mol. The van der Waals surface area contributed by atoms with E-state index < -0.39 is 11.5 Å². The van der Waals surface area contributed by atoms with Crippen LogP contribution in [0.25, 0.3) is 0 Å². The van der Waals surface area contributed by atoms with Crippen LogP contribution in [0.1, 0.15) is 29.8 Å². The highest BCUT2D eigenvalue weighted by Gasteiger charge is 2.38. The lowest BCUT2D eigenvalue weighted by atomic mass is 9.96. The molecule has 0 aromatic heterocycles. The van der Waals surface area contributed by atoms with E-state index in [2.05, 4.69) is 5.32 Å². The van der Waals surface area contributed by atoms with Crippen molar-refractivity contribution in [1.82, 2.24) is 5.32 Å². The first-order valence-electron chi connectivity index (χ1n) is 6.24. The number of carboxylic acid groups (broad SMARTS) is 1. The highest BCUT2D eigenvalue weighted by Crippen LogP contribution is 2.29. The van der Waals surface area contributed by atoms with Gasteiger partial charge in [-0.1, -0.05) is 0 Å². The molecule has 0 bridgehead atoms. The van der Waals surface area contributed by atoms with E-state index in [0.717, 1.165) is 11.3 Å². The summed E-state index contributed by atoms with van der Waals surface area (Å²) in [7, 11) is 0. The fourth-order valence-corrected chi connectivity index (χ4v) is 2.41. The maximum atomic E-state index is 11.9. The first-order valence-corrected chi connectivity index (χ1v) is 6.24. The van der Waals surface area contributed by atoms with Crippen LogP contribution in [0.3, 0.4) is 0 Å². The van der Waals surface area contributed by atoms with E-state index in [1.54, 1.807) is 18.2 Å². The summed E-state index contributed by atoms with van der Waals surface area (Å²) in [5, 5.41) is 11.8. The molecule has 2 rings (SSSR count). The van der Waals surface area contributed by atoms with Gasteiger partial charge in [0, 0.05) is 18.8 Å². The van der Waals surface area contributed by atoms with Gasteiger partial charge in [0.1, 0.15) is 5.54 Å². The van der Waals surface area contributed by atoms with E-state index in [4.69, 9.17) is 5.11 Å². The molecular formula is C14H18N2O3. The molecule has 102 valence electrons. The van der Waals surface area contributed by atoms with Crippen molar-refractivity contribution in [3.63, 3.8) is 0 Å². The number of carboxylic acids is 1. The molecule has 19 heavy (non-hydrogen) atoms. The number of amides is 1. The molecule has 0 radical (unpaired) electrons. The van der Waals surface area contributed by atoms with Crippen LogP contribution < -0.4 is 10.2 Å². The van der Waals surface area contributed by atoms with Gasteiger partial charge in [0.2, 0.25) is 5.91 Å². The maximum Gasteiger partial charge on any atom is 0.335 e. The van der Waals surface area contributed by atoms with Crippen molar-refractivity contribution in [3.05, 3.63) is 29.3 Å². The Morgan fingerprint density at radius 3 is 2.68 bits per heavy atom. The van der Waals surface area contributed by atoms with Crippen molar-refractivity contribution in [1.29, 1.82) is 0 Å². The second kappa shape index (κ2) is 4.57. The number of anilines is 1. The van der Waals surface area contributed by atoms with Gasteiger partial charge in [-0.05, 0) is 44.5 Å². The summed E-state index contributed by atoms with van der Waals surface area (Å²) < 4.78 is 0. The SMILES string of the molecule is Cc1cc(C(=O)O)ccc1N1CCNC(=O)C1(C)C. The topological polar surface area (TPSA) is 69.6 Å². The molecule has 0 atom stereocenters. The predicted molar refractivity (Wildman–Crippen MR) is 72.6 cm³/mol. The molecule has 1 saturated heterocycles. The molecule has 1 aromatic rings. The lowest BCUT2D eigenvalue weighted by Gasteiger charge is -2.43. The van der Waals surface area contributed by atoms with Gasteiger partial charge in [-0.3, -0.25) is 4.79 Å². The Hall–Kier alpha value is -2.04. The van der Waals surface area contributed by atoms with Gasteiger partial charge in [0.15, 0.2) is 0 Å². The van der Waals surface area contributed by atoms with Crippen LogP contribution >= 0.6 is 0 Å². The van der Waals surface area contributed by atoms with E-state index in [1.807, 2.05) is 25.7 Å². The molecule has 1 heterocycles. The molecule has 1 aromatic carbocycles. The third-order valence-electron chi connectivity index (χ3n) is 3.59.